The van der Waals surface area contributed by atoms with E-state index >= 15 is 0 Å². The predicted molar refractivity (Wildman–Crippen MR) is 94.3 cm³/mol. The second kappa shape index (κ2) is 7.28. The summed E-state index contributed by atoms with van der Waals surface area (Å²) >= 11 is 0. The second-order valence-electron chi connectivity index (χ2n) is 5.05. The molecule has 0 radical (unpaired) electrons. The first kappa shape index (κ1) is 15.5. The van der Waals surface area contributed by atoms with Gasteiger partial charge in [0.25, 0.3) is 0 Å². The highest BCUT2D eigenvalue weighted by Gasteiger charge is 2.08. The van der Waals surface area contributed by atoms with Gasteiger partial charge < -0.3 is 21.1 Å². The van der Waals surface area contributed by atoms with E-state index in [1.165, 1.54) is 6.33 Å². The number of nitrogen functional groups attached to an aromatic ring is 1. The summed E-state index contributed by atoms with van der Waals surface area (Å²) in [6, 6.07) is 11.4. The van der Waals surface area contributed by atoms with E-state index in [4.69, 9.17) is 10.5 Å². The van der Waals surface area contributed by atoms with Crippen LogP contribution in [0.25, 0.3) is 0 Å². The van der Waals surface area contributed by atoms with Gasteiger partial charge in [-0.2, -0.15) is 0 Å². The molecule has 3 rings (SSSR count). The number of ether oxygens (including phenoxy) is 1. The molecule has 0 aliphatic rings. The normalized spacial score (nSPS) is 10.2. The summed E-state index contributed by atoms with van der Waals surface area (Å²) in [5, 5.41) is 6.38. The van der Waals surface area contributed by atoms with Crippen molar-refractivity contribution in [2.75, 3.05) is 23.5 Å². The monoisotopic (exact) mass is 322 g/mol. The van der Waals surface area contributed by atoms with Crippen LogP contribution < -0.4 is 21.1 Å². The molecule has 2 aromatic heterocycles. The van der Waals surface area contributed by atoms with Crippen molar-refractivity contribution in [2.24, 2.45) is 0 Å². The Morgan fingerprint density at radius 2 is 1.88 bits per heavy atom. The van der Waals surface area contributed by atoms with E-state index in [1.807, 2.05) is 36.4 Å². The minimum atomic E-state index is 0.456. The maximum Gasteiger partial charge on any atom is 0.159 e. The van der Waals surface area contributed by atoms with E-state index in [-0.39, 0.29) is 0 Å². The molecule has 0 saturated carbocycles. The number of hydrogen-bond donors (Lipinski definition) is 3. The van der Waals surface area contributed by atoms with Crippen LogP contribution in [0.5, 0.6) is 5.75 Å². The Balaban J connectivity index is 1.72. The Kier molecular flexibility index (Phi) is 4.71. The van der Waals surface area contributed by atoms with Crippen molar-refractivity contribution in [3.05, 3.63) is 60.7 Å². The molecule has 0 amide bonds. The molecule has 24 heavy (non-hydrogen) atoms. The van der Waals surface area contributed by atoms with Crippen LogP contribution in [0.2, 0.25) is 0 Å². The van der Waals surface area contributed by atoms with E-state index < -0.39 is 0 Å². The van der Waals surface area contributed by atoms with Crippen LogP contribution in [0, 0.1) is 0 Å². The van der Waals surface area contributed by atoms with Crippen LogP contribution in [0.4, 0.5) is 23.0 Å². The molecule has 3 aromatic rings. The molecule has 0 fully saturated rings. The molecule has 0 aliphatic heterocycles. The van der Waals surface area contributed by atoms with Gasteiger partial charge in [-0.3, -0.25) is 4.98 Å². The molecule has 0 spiro atoms. The van der Waals surface area contributed by atoms with E-state index in [0.717, 1.165) is 17.0 Å². The summed E-state index contributed by atoms with van der Waals surface area (Å²) in [5.41, 5.74) is 8.52. The van der Waals surface area contributed by atoms with Gasteiger partial charge >= 0.3 is 0 Å². The molecular weight excluding hydrogens is 304 g/mol. The Morgan fingerprint density at radius 1 is 1.08 bits per heavy atom. The van der Waals surface area contributed by atoms with Gasteiger partial charge in [-0.1, -0.05) is 6.07 Å². The minimum Gasteiger partial charge on any atom is -0.497 e. The number of aromatic nitrogens is 3. The van der Waals surface area contributed by atoms with Crippen LogP contribution in [-0.2, 0) is 6.54 Å². The van der Waals surface area contributed by atoms with Crippen molar-refractivity contribution in [1.29, 1.82) is 0 Å². The summed E-state index contributed by atoms with van der Waals surface area (Å²) in [7, 11) is 1.63. The number of methoxy groups -OCH3 is 1. The number of nitrogens with zero attached hydrogens (tertiary/aromatic N) is 3. The van der Waals surface area contributed by atoms with E-state index in [0.29, 0.717) is 23.9 Å². The first-order valence-electron chi connectivity index (χ1n) is 7.40. The lowest BCUT2D eigenvalue weighted by Gasteiger charge is -2.12. The van der Waals surface area contributed by atoms with Gasteiger partial charge in [0.15, 0.2) is 11.6 Å². The SMILES string of the molecule is COc1ccc(Nc2ncnc(NCc3cccnc3)c2N)cc1. The smallest absolute Gasteiger partial charge is 0.159 e. The van der Waals surface area contributed by atoms with Crippen molar-refractivity contribution >= 4 is 23.0 Å². The highest BCUT2D eigenvalue weighted by atomic mass is 16.5. The van der Waals surface area contributed by atoms with Crippen molar-refractivity contribution in [1.82, 2.24) is 15.0 Å². The number of rotatable bonds is 6. The van der Waals surface area contributed by atoms with E-state index in [2.05, 4.69) is 25.6 Å². The lowest BCUT2D eigenvalue weighted by Crippen LogP contribution is -2.08. The maximum atomic E-state index is 6.16. The third-order valence-corrected chi connectivity index (χ3v) is 3.42. The van der Waals surface area contributed by atoms with E-state index in [1.54, 1.807) is 19.5 Å². The van der Waals surface area contributed by atoms with E-state index in [9.17, 15) is 0 Å². The quantitative estimate of drug-likeness (QED) is 0.642. The zero-order valence-corrected chi connectivity index (χ0v) is 13.2. The number of anilines is 4. The first-order valence-corrected chi connectivity index (χ1v) is 7.40. The number of pyridine rings is 1. The number of nitrogens with two attached hydrogens (primary N) is 1. The molecule has 122 valence electrons. The Morgan fingerprint density at radius 3 is 2.58 bits per heavy atom. The molecule has 0 unspecified atom stereocenters. The molecule has 2 heterocycles. The third kappa shape index (κ3) is 3.70. The highest BCUT2D eigenvalue weighted by molar-refractivity contribution is 5.77. The zero-order chi connectivity index (χ0) is 16.8. The fourth-order valence-corrected chi connectivity index (χ4v) is 2.14. The lowest BCUT2D eigenvalue weighted by molar-refractivity contribution is 0.415. The van der Waals surface area contributed by atoms with Crippen LogP contribution in [-0.4, -0.2) is 22.1 Å². The van der Waals surface area contributed by atoms with Gasteiger partial charge in [0, 0.05) is 24.6 Å². The maximum absolute atomic E-state index is 6.16. The molecule has 4 N–H and O–H groups in total. The van der Waals surface area contributed by atoms with Gasteiger partial charge in [-0.15, -0.1) is 0 Å². The Bertz CT molecular complexity index is 792. The fraction of sp³-hybridized carbons (Fsp3) is 0.118. The summed E-state index contributed by atoms with van der Waals surface area (Å²) < 4.78 is 5.14. The van der Waals surface area contributed by atoms with Gasteiger partial charge in [-0.05, 0) is 35.9 Å². The standard InChI is InChI=1S/C17H18N6O/c1-24-14-6-4-13(5-7-14)23-17-15(18)16(21-11-22-17)20-10-12-3-2-8-19-9-12/h2-9,11H,10,18H2,1H3,(H2,20,21,22,23). The fourth-order valence-electron chi connectivity index (χ4n) is 2.14. The number of benzene rings is 1. The highest BCUT2D eigenvalue weighted by Crippen LogP contribution is 2.26. The second-order valence-corrected chi connectivity index (χ2v) is 5.05. The first-order chi connectivity index (χ1) is 11.8. The molecule has 0 aliphatic carbocycles. The van der Waals surface area contributed by atoms with Crippen LogP contribution in [0.3, 0.4) is 0 Å². The lowest BCUT2D eigenvalue weighted by atomic mass is 10.3. The predicted octanol–water partition coefficient (Wildman–Crippen LogP) is 2.82. The molecule has 0 saturated heterocycles. The van der Waals surface area contributed by atoms with Gasteiger partial charge in [0.2, 0.25) is 0 Å². The number of nitrogens with one attached hydrogen (secondary N) is 2. The molecular formula is C17H18N6O. The van der Waals surface area contributed by atoms with Crippen molar-refractivity contribution in [2.45, 2.75) is 6.54 Å². The zero-order valence-electron chi connectivity index (χ0n) is 13.2. The Hall–Kier alpha value is -3.35. The largest absolute Gasteiger partial charge is 0.497 e. The average molecular weight is 322 g/mol. The van der Waals surface area contributed by atoms with Crippen molar-refractivity contribution < 1.29 is 4.74 Å². The summed E-state index contributed by atoms with van der Waals surface area (Å²) in [6.45, 7) is 0.580. The summed E-state index contributed by atoms with van der Waals surface area (Å²) in [4.78, 5) is 12.5. The van der Waals surface area contributed by atoms with Gasteiger partial charge in [-0.25, -0.2) is 9.97 Å². The van der Waals surface area contributed by atoms with Crippen LogP contribution >= 0.6 is 0 Å². The molecule has 0 atom stereocenters. The molecule has 7 nitrogen and oxygen atoms in total. The summed E-state index contributed by atoms with van der Waals surface area (Å²) in [6.07, 6.45) is 4.99. The molecule has 7 heteroatoms. The minimum absolute atomic E-state index is 0.456. The average Bonchev–Trinajstić information content (AvgIpc) is 2.64. The van der Waals surface area contributed by atoms with Crippen molar-refractivity contribution in [3.63, 3.8) is 0 Å². The third-order valence-electron chi connectivity index (χ3n) is 3.42. The topological polar surface area (TPSA) is 98.0 Å². The summed E-state index contributed by atoms with van der Waals surface area (Å²) in [5.74, 6) is 1.91. The van der Waals surface area contributed by atoms with Crippen LogP contribution in [0.1, 0.15) is 5.56 Å². The number of hydrogen-bond acceptors (Lipinski definition) is 7. The van der Waals surface area contributed by atoms with Crippen LogP contribution in [0.15, 0.2) is 55.1 Å². The Labute approximate surface area is 139 Å². The van der Waals surface area contributed by atoms with Gasteiger partial charge in [0.05, 0.1) is 7.11 Å². The molecule has 0 bridgehead atoms. The van der Waals surface area contributed by atoms with Crippen molar-refractivity contribution in [3.8, 4) is 5.75 Å². The molecule has 1 aromatic carbocycles. The van der Waals surface area contributed by atoms with Gasteiger partial charge in [0.1, 0.15) is 17.8 Å².